The minimum atomic E-state index is -0.831. The topological polar surface area (TPSA) is 37.3 Å². The highest BCUT2D eigenvalue weighted by Crippen LogP contribution is 2.26. The molecule has 1 atom stereocenters. The van der Waals surface area contributed by atoms with E-state index in [2.05, 4.69) is 12.0 Å². The van der Waals surface area contributed by atoms with Crippen LogP contribution in [0.3, 0.4) is 0 Å². The van der Waals surface area contributed by atoms with Crippen LogP contribution in [0.5, 0.6) is 0 Å². The van der Waals surface area contributed by atoms with Gasteiger partial charge in [0.1, 0.15) is 0 Å². The van der Waals surface area contributed by atoms with Crippen molar-refractivity contribution in [3.63, 3.8) is 0 Å². The number of terminal acetylenes is 1. The molecule has 0 saturated heterocycles. The molecule has 0 saturated carbocycles. The summed E-state index contributed by atoms with van der Waals surface area (Å²) < 4.78 is 0. The number of carboxylic acids is 1. The lowest BCUT2D eigenvalue weighted by atomic mass is 9.83. The summed E-state index contributed by atoms with van der Waals surface area (Å²) in [6, 6.07) is 0. The average Bonchev–Trinajstić information content (AvgIpc) is 2.02. The molecule has 0 spiro atoms. The van der Waals surface area contributed by atoms with Crippen molar-refractivity contribution in [2.24, 2.45) is 5.41 Å². The highest BCUT2D eigenvalue weighted by molar-refractivity contribution is 5.68. The first-order valence-electron chi connectivity index (χ1n) is 4.72. The quantitative estimate of drug-likeness (QED) is 0.539. The Bertz CT molecular complexity index is 267. The second-order valence-electron chi connectivity index (χ2n) is 4.10. The summed E-state index contributed by atoms with van der Waals surface area (Å²) in [5, 5.41) is 8.68. The van der Waals surface area contributed by atoms with E-state index in [1.807, 2.05) is 20.8 Å². The van der Waals surface area contributed by atoms with Crippen molar-refractivity contribution in [3.05, 3.63) is 11.6 Å². The third-order valence-corrected chi connectivity index (χ3v) is 2.14. The van der Waals surface area contributed by atoms with Gasteiger partial charge >= 0.3 is 5.97 Å². The van der Waals surface area contributed by atoms with Gasteiger partial charge in [-0.15, -0.1) is 6.42 Å². The highest BCUT2D eigenvalue weighted by atomic mass is 16.4. The van der Waals surface area contributed by atoms with Crippen LogP contribution in [0.2, 0.25) is 0 Å². The fourth-order valence-corrected chi connectivity index (χ4v) is 1.22. The van der Waals surface area contributed by atoms with Crippen LogP contribution < -0.4 is 0 Å². The molecule has 0 fully saturated rings. The zero-order valence-corrected chi connectivity index (χ0v) is 9.13. The third-order valence-electron chi connectivity index (χ3n) is 2.14. The molecule has 0 aliphatic rings. The highest BCUT2D eigenvalue weighted by Gasteiger charge is 2.23. The van der Waals surface area contributed by atoms with Gasteiger partial charge in [0.25, 0.3) is 0 Å². The molecule has 0 aromatic rings. The largest absolute Gasteiger partial charge is 0.481 e. The Balaban J connectivity index is 4.21. The summed E-state index contributed by atoms with van der Waals surface area (Å²) in [5.41, 5.74) is 0.720. The van der Waals surface area contributed by atoms with Gasteiger partial charge < -0.3 is 5.11 Å². The van der Waals surface area contributed by atoms with E-state index in [4.69, 9.17) is 11.5 Å². The fraction of sp³-hybridized carbons (Fsp3) is 0.583. The molecule has 2 heteroatoms. The molecule has 0 aliphatic heterocycles. The summed E-state index contributed by atoms with van der Waals surface area (Å²) in [6.07, 6.45) is 9.03. The lowest BCUT2D eigenvalue weighted by molar-refractivity contribution is -0.138. The minimum absolute atomic E-state index is 0.0418. The molecule has 0 radical (unpaired) electrons. The first-order chi connectivity index (χ1) is 6.39. The van der Waals surface area contributed by atoms with Crippen LogP contribution in [0.1, 0.15) is 40.0 Å². The van der Waals surface area contributed by atoms with Gasteiger partial charge in [0.2, 0.25) is 0 Å². The van der Waals surface area contributed by atoms with Crippen LogP contribution in [0.4, 0.5) is 0 Å². The van der Waals surface area contributed by atoms with Crippen LogP contribution >= 0.6 is 0 Å². The lowest BCUT2D eigenvalue weighted by Gasteiger charge is -2.20. The van der Waals surface area contributed by atoms with Crippen molar-refractivity contribution < 1.29 is 9.90 Å². The molecule has 0 aromatic carbocycles. The van der Waals surface area contributed by atoms with Crippen molar-refractivity contribution in [2.45, 2.75) is 40.0 Å². The van der Waals surface area contributed by atoms with Gasteiger partial charge in [-0.2, -0.15) is 0 Å². The van der Waals surface area contributed by atoms with Crippen LogP contribution in [-0.2, 0) is 4.79 Å². The van der Waals surface area contributed by atoms with Gasteiger partial charge in [-0.3, -0.25) is 4.79 Å². The van der Waals surface area contributed by atoms with Gasteiger partial charge in [-0.1, -0.05) is 17.6 Å². The van der Waals surface area contributed by atoms with Crippen molar-refractivity contribution in [1.82, 2.24) is 0 Å². The van der Waals surface area contributed by atoms with Crippen molar-refractivity contribution in [2.75, 3.05) is 0 Å². The standard InChI is InChI=1S/C12H18O2/c1-5-12(4,9-11(13)14)8-6-7-10(2)3/h1,7H,6,8-9H2,2-4H3,(H,13,14). The Labute approximate surface area is 86.0 Å². The predicted molar refractivity (Wildman–Crippen MR) is 57.9 cm³/mol. The normalized spacial score (nSPS) is 13.9. The molecule has 2 nitrogen and oxygen atoms in total. The molecule has 0 heterocycles. The lowest BCUT2D eigenvalue weighted by Crippen LogP contribution is -2.18. The fourth-order valence-electron chi connectivity index (χ4n) is 1.22. The van der Waals surface area contributed by atoms with E-state index in [1.165, 1.54) is 5.57 Å². The molecule has 14 heavy (non-hydrogen) atoms. The summed E-state index contributed by atoms with van der Waals surface area (Å²) in [7, 11) is 0. The zero-order chi connectivity index (χ0) is 11.2. The maximum atomic E-state index is 10.6. The summed E-state index contributed by atoms with van der Waals surface area (Å²) in [6.45, 7) is 5.86. The van der Waals surface area contributed by atoms with Gasteiger partial charge in [0.05, 0.1) is 6.42 Å². The number of hydrogen-bond donors (Lipinski definition) is 1. The molecule has 78 valence electrons. The monoisotopic (exact) mass is 194 g/mol. The molecule has 0 rings (SSSR count). The number of carbonyl (C=O) groups is 1. The zero-order valence-electron chi connectivity index (χ0n) is 9.13. The molecule has 1 N–H and O–H groups in total. The third kappa shape index (κ3) is 5.42. The molecule has 0 aromatic heterocycles. The van der Waals surface area contributed by atoms with Crippen LogP contribution in [0, 0.1) is 17.8 Å². The van der Waals surface area contributed by atoms with Gasteiger partial charge in [0, 0.05) is 5.41 Å². The molecule has 0 amide bonds. The summed E-state index contributed by atoms with van der Waals surface area (Å²) >= 11 is 0. The number of aliphatic carboxylic acids is 1. The maximum Gasteiger partial charge on any atom is 0.304 e. The Morgan fingerprint density at radius 1 is 1.57 bits per heavy atom. The van der Waals surface area contributed by atoms with E-state index in [-0.39, 0.29) is 6.42 Å². The van der Waals surface area contributed by atoms with Crippen molar-refractivity contribution >= 4 is 5.97 Å². The Hall–Kier alpha value is -1.23. The molecular weight excluding hydrogens is 176 g/mol. The van der Waals surface area contributed by atoms with Gasteiger partial charge in [-0.25, -0.2) is 0 Å². The van der Waals surface area contributed by atoms with Crippen LogP contribution in [0.25, 0.3) is 0 Å². The Kier molecular flexibility index (Phi) is 5.01. The predicted octanol–water partition coefficient (Wildman–Crippen LogP) is 2.85. The summed E-state index contributed by atoms with van der Waals surface area (Å²) in [5.74, 6) is 1.74. The van der Waals surface area contributed by atoms with E-state index in [9.17, 15) is 4.79 Å². The smallest absolute Gasteiger partial charge is 0.304 e. The first kappa shape index (κ1) is 12.8. The SMILES string of the molecule is C#CC(C)(CCC=C(C)C)CC(=O)O. The van der Waals surface area contributed by atoms with E-state index < -0.39 is 11.4 Å². The van der Waals surface area contributed by atoms with E-state index in [0.29, 0.717) is 0 Å². The second kappa shape index (κ2) is 5.49. The Morgan fingerprint density at radius 3 is 2.50 bits per heavy atom. The van der Waals surface area contributed by atoms with E-state index in [0.717, 1.165) is 12.8 Å². The van der Waals surface area contributed by atoms with Gasteiger partial charge in [0.15, 0.2) is 0 Å². The molecule has 0 aliphatic carbocycles. The van der Waals surface area contributed by atoms with Crippen molar-refractivity contribution in [3.8, 4) is 12.3 Å². The minimum Gasteiger partial charge on any atom is -0.481 e. The summed E-state index contributed by atoms with van der Waals surface area (Å²) in [4.78, 5) is 10.6. The van der Waals surface area contributed by atoms with Crippen molar-refractivity contribution in [1.29, 1.82) is 0 Å². The second-order valence-corrected chi connectivity index (χ2v) is 4.10. The Morgan fingerprint density at radius 2 is 2.14 bits per heavy atom. The maximum absolute atomic E-state index is 10.6. The molecular formula is C12H18O2. The van der Waals surface area contributed by atoms with Crippen LogP contribution in [0.15, 0.2) is 11.6 Å². The average molecular weight is 194 g/mol. The molecule has 0 bridgehead atoms. The molecule has 1 unspecified atom stereocenters. The number of hydrogen-bond acceptors (Lipinski definition) is 1. The van der Waals surface area contributed by atoms with E-state index >= 15 is 0 Å². The van der Waals surface area contributed by atoms with Gasteiger partial charge in [-0.05, 0) is 33.6 Å². The van der Waals surface area contributed by atoms with Crippen LogP contribution in [-0.4, -0.2) is 11.1 Å². The number of allylic oxidation sites excluding steroid dienone is 2. The number of rotatable bonds is 5. The van der Waals surface area contributed by atoms with E-state index in [1.54, 1.807) is 0 Å². The number of carboxylic acid groups (broad SMARTS) is 1. The first-order valence-corrected chi connectivity index (χ1v) is 4.72.